The molecule has 0 aliphatic heterocycles. The number of hydrogen-bond donors (Lipinski definition) is 1. The minimum absolute atomic E-state index is 0. The van der Waals surface area contributed by atoms with Gasteiger partial charge in [0.05, 0.1) is 11.1 Å². The van der Waals surface area contributed by atoms with Crippen molar-refractivity contribution in [1.29, 1.82) is 0 Å². The Labute approximate surface area is 142 Å². The Morgan fingerprint density at radius 1 is 1.05 bits per heavy atom. The van der Waals surface area contributed by atoms with Gasteiger partial charge in [-0.3, -0.25) is 0 Å². The first-order valence-electron chi connectivity index (χ1n) is 7.56. The molecule has 0 radical (unpaired) electrons. The molecule has 0 saturated heterocycles. The molecule has 2 aliphatic carbocycles. The Balaban J connectivity index is 0.00000161. The molecule has 0 atom stereocenters. The van der Waals surface area contributed by atoms with Crippen molar-refractivity contribution in [2.75, 3.05) is 6.54 Å². The number of rotatable bonds is 5. The van der Waals surface area contributed by atoms with Gasteiger partial charge in [0.2, 0.25) is 0 Å². The van der Waals surface area contributed by atoms with Crippen molar-refractivity contribution in [3.63, 3.8) is 0 Å². The molecule has 0 amide bonds. The minimum atomic E-state index is 0. The lowest BCUT2D eigenvalue weighted by Gasteiger charge is -2.30. The molecule has 2 fully saturated rings. The summed E-state index contributed by atoms with van der Waals surface area (Å²) in [6.45, 7) is 1.21. The molecular weight excluding hydrogens is 329 g/mol. The van der Waals surface area contributed by atoms with Gasteiger partial charge < -0.3 is 10.1 Å². The summed E-state index contributed by atoms with van der Waals surface area (Å²) in [5.41, 5.74) is 0. The summed E-state index contributed by atoms with van der Waals surface area (Å²) in [7, 11) is 0. The minimum Gasteiger partial charge on any atom is -0.489 e. The number of halogens is 3. The van der Waals surface area contributed by atoms with Gasteiger partial charge in [0.15, 0.2) is 0 Å². The van der Waals surface area contributed by atoms with E-state index >= 15 is 0 Å². The van der Waals surface area contributed by atoms with Gasteiger partial charge in [-0.15, -0.1) is 12.4 Å². The number of ether oxygens (including phenoxy) is 1. The lowest BCUT2D eigenvalue weighted by atomic mass is 9.93. The van der Waals surface area contributed by atoms with Crippen LogP contribution in [0.15, 0.2) is 18.2 Å². The third kappa shape index (κ3) is 5.21. The quantitative estimate of drug-likeness (QED) is 0.797. The first kappa shape index (κ1) is 17.2. The molecule has 3 rings (SSSR count). The molecular formula is C16H22Cl3NO. The van der Waals surface area contributed by atoms with Crippen LogP contribution < -0.4 is 10.1 Å². The Morgan fingerprint density at radius 2 is 1.76 bits per heavy atom. The summed E-state index contributed by atoms with van der Waals surface area (Å²) in [4.78, 5) is 0. The van der Waals surface area contributed by atoms with Gasteiger partial charge in [-0.05, 0) is 69.2 Å². The topological polar surface area (TPSA) is 21.3 Å². The molecule has 2 nitrogen and oxygen atoms in total. The third-order valence-electron chi connectivity index (χ3n) is 4.25. The van der Waals surface area contributed by atoms with E-state index in [0.29, 0.717) is 16.1 Å². The molecule has 1 N–H and O–H groups in total. The van der Waals surface area contributed by atoms with E-state index < -0.39 is 0 Å². The lowest BCUT2D eigenvalue weighted by molar-refractivity contribution is 0.139. The highest BCUT2D eigenvalue weighted by atomic mass is 35.5. The van der Waals surface area contributed by atoms with Gasteiger partial charge in [-0.1, -0.05) is 23.2 Å². The highest BCUT2D eigenvalue weighted by Gasteiger charge is 2.26. The molecule has 0 aromatic heterocycles. The van der Waals surface area contributed by atoms with Crippen molar-refractivity contribution in [1.82, 2.24) is 5.32 Å². The highest BCUT2D eigenvalue weighted by molar-refractivity contribution is 6.35. The fourth-order valence-corrected chi connectivity index (χ4v) is 3.24. The maximum Gasteiger partial charge on any atom is 0.138 e. The van der Waals surface area contributed by atoms with Crippen LogP contribution in [0, 0.1) is 5.92 Å². The van der Waals surface area contributed by atoms with Crippen LogP contribution in [0.2, 0.25) is 10.0 Å². The van der Waals surface area contributed by atoms with E-state index in [0.717, 1.165) is 24.5 Å². The van der Waals surface area contributed by atoms with E-state index in [9.17, 15) is 0 Å². The molecule has 21 heavy (non-hydrogen) atoms. The molecule has 118 valence electrons. The molecule has 0 heterocycles. The monoisotopic (exact) mass is 349 g/mol. The van der Waals surface area contributed by atoms with Gasteiger partial charge in [0.25, 0.3) is 0 Å². The Hall–Kier alpha value is -0.150. The molecule has 0 bridgehead atoms. The van der Waals surface area contributed by atoms with Crippen LogP contribution in [0.1, 0.15) is 38.5 Å². The molecule has 2 saturated carbocycles. The Kier molecular flexibility index (Phi) is 6.49. The van der Waals surface area contributed by atoms with Crippen LogP contribution in [0.3, 0.4) is 0 Å². The Morgan fingerprint density at radius 3 is 2.38 bits per heavy atom. The van der Waals surface area contributed by atoms with E-state index in [1.807, 2.05) is 12.1 Å². The van der Waals surface area contributed by atoms with Crippen LogP contribution in [-0.2, 0) is 0 Å². The maximum atomic E-state index is 6.15. The van der Waals surface area contributed by atoms with Crippen molar-refractivity contribution in [3.05, 3.63) is 28.2 Å². The fraction of sp³-hybridized carbons (Fsp3) is 0.625. The molecule has 1 aromatic rings. The molecule has 1 aromatic carbocycles. The number of nitrogens with one attached hydrogen (secondary N) is 1. The van der Waals surface area contributed by atoms with Crippen LogP contribution in [0.25, 0.3) is 0 Å². The van der Waals surface area contributed by atoms with Crippen LogP contribution in [0.5, 0.6) is 5.75 Å². The van der Waals surface area contributed by atoms with Gasteiger partial charge >= 0.3 is 0 Å². The first-order chi connectivity index (χ1) is 9.70. The van der Waals surface area contributed by atoms with Gasteiger partial charge in [-0.2, -0.15) is 0 Å². The predicted molar refractivity (Wildman–Crippen MR) is 91.1 cm³/mol. The summed E-state index contributed by atoms with van der Waals surface area (Å²) < 4.78 is 6.01. The molecule has 5 heteroatoms. The van der Waals surface area contributed by atoms with Crippen LogP contribution in [0.4, 0.5) is 0 Å². The zero-order valence-electron chi connectivity index (χ0n) is 12.0. The van der Waals surface area contributed by atoms with Gasteiger partial charge in [-0.25, -0.2) is 0 Å². The van der Waals surface area contributed by atoms with Crippen molar-refractivity contribution < 1.29 is 4.74 Å². The van der Waals surface area contributed by atoms with Gasteiger partial charge in [0.1, 0.15) is 5.75 Å². The van der Waals surface area contributed by atoms with Crippen LogP contribution >= 0.6 is 35.6 Å². The van der Waals surface area contributed by atoms with Crippen LogP contribution in [-0.4, -0.2) is 18.7 Å². The second-order valence-corrected chi connectivity index (χ2v) is 6.86. The smallest absolute Gasteiger partial charge is 0.138 e. The van der Waals surface area contributed by atoms with Gasteiger partial charge in [0, 0.05) is 11.1 Å². The van der Waals surface area contributed by atoms with E-state index in [1.54, 1.807) is 6.07 Å². The van der Waals surface area contributed by atoms with E-state index in [4.69, 9.17) is 27.9 Å². The zero-order chi connectivity index (χ0) is 13.9. The van der Waals surface area contributed by atoms with Crippen molar-refractivity contribution in [3.8, 4) is 5.75 Å². The predicted octanol–water partition coefficient (Wildman–Crippen LogP) is 5.10. The molecule has 0 unspecified atom stereocenters. The summed E-state index contributed by atoms with van der Waals surface area (Å²) in [6.07, 6.45) is 7.71. The Bertz CT molecular complexity index is 457. The molecule has 0 spiro atoms. The summed E-state index contributed by atoms with van der Waals surface area (Å²) in [5, 5.41) is 4.94. The first-order valence-corrected chi connectivity index (χ1v) is 8.31. The lowest BCUT2D eigenvalue weighted by Crippen LogP contribution is -2.37. The number of benzene rings is 1. The summed E-state index contributed by atoms with van der Waals surface area (Å²) in [6, 6.07) is 6.10. The highest BCUT2D eigenvalue weighted by Crippen LogP contribution is 2.32. The normalized spacial score (nSPS) is 25.2. The SMILES string of the molecule is Cl.Clc1ccc(OC2CCC(NCC3CC3)CC2)c(Cl)c1. The van der Waals surface area contributed by atoms with E-state index in [1.165, 1.54) is 32.2 Å². The van der Waals surface area contributed by atoms with E-state index in [-0.39, 0.29) is 18.5 Å². The fourth-order valence-electron chi connectivity index (χ4n) is 2.79. The average molecular weight is 351 g/mol. The standard InChI is InChI=1S/C16H21Cl2NO.ClH/c17-12-3-8-16(15(18)9-12)20-14-6-4-13(5-7-14)19-10-11-1-2-11;/h3,8-9,11,13-14,19H,1-2,4-7,10H2;1H. The molecule has 2 aliphatic rings. The third-order valence-corrected chi connectivity index (χ3v) is 4.78. The number of hydrogen-bond acceptors (Lipinski definition) is 2. The zero-order valence-corrected chi connectivity index (χ0v) is 14.3. The average Bonchev–Trinajstić information content (AvgIpc) is 3.25. The van der Waals surface area contributed by atoms with Crippen molar-refractivity contribution in [2.45, 2.75) is 50.7 Å². The van der Waals surface area contributed by atoms with Crippen molar-refractivity contribution in [2.24, 2.45) is 5.92 Å². The van der Waals surface area contributed by atoms with E-state index in [2.05, 4.69) is 5.32 Å². The summed E-state index contributed by atoms with van der Waals surface area (Å²) in [5.74, 6) is 1.71. The summed E-state index contributed by atoms with van der Waals surface area (Å²) >= 11 is 12.0. The maximum absolute atomic E-state index is 6.15. The second kappa shape index (κ2) is 7.92. The largest absolute Gasteiger partial charge is 0.489 e. The van der Waals surface area contributed by atoms with Crippen molar-refractivity contribution >= 4 is 35.6 Å². The second-order valence-electron chi connectivity index (χ2n) is 6.02.